The number of hydrogen-bond acceptors (Lipinski definition) is 3. The van der Waals surface area contributed by atoms with Crippen LogP contribution in [0.25, 0.3) is 0 Å². The summed E-state index contributed by atoms with van der Waals surface area (Å²) in [6.07, 6.45) is 2.46. The average Bonchev–Trinajstić information content (AvgIpc) is 2.65. The summed E-state index contributed by atoms with van der Waals surface area (Å²) in [7, 11) is 0. The quantitative estimate of drug-likeness (QED) is 0.719. The van der Waals surface area contributed by atoms with E-state index < -0.39 is 5.51 Å². The number of halogens is 3. The van der Waals surface area contributed by atoms with Gasteiger partial charge in [-0.15, -0.1) is 0 Å². The van der Waals surface area contributed by atoms with E-state index in [1.54, 1.807) is 0 Å². The number of nitrogens with one attached hydrogen (secondary N) is 1. The predicted molar refractivity (Wildman–Crippen MR) is 64.2 cm³/mol. The number of hydrogen-bond donors (Lipinski definition) is 1. The third kappa shape index (κ3) is 5.97. The standard InChI is InChI=1S/C11H20F3NOS/c1-2-5-15-8-10(3-6-16-9-10)4-7-17-11(12,13)14/h15H,2-9H2,1H3. The summed E-state index contributed by atoms with van der Waals surface area (Å²) in [6.45, 7) is 5.00. The molecule has 1 aliphatic rings. The lowest BCUT2D eigenvalue weighted by Gasteiger charge is -2.27. The first kappa shape index (κ1) is 15.1. The molecule has 0 bridgehead atoms. The smallest absolute Gasteiger partial charge is 0.381 e. The zero-order chi connectivity index (χ0) is 12.8. The van der Waals surface area contributed by atoms with Gasteiger partial charge in [0.25, 0.3) is 0 Å². The van der Waals surface area contributed by atoms with Crippen molar-refractivity contribution < 1.29 is 17.9 Å². The molecule has 6 heteroatoms. The lowest BCUT2D eigenvalue weighted by atomic mass is 9.84. The Morgan fingerprint density at radius 3 is 2.71 bits per heavy atom. The largest absolute Gasteiger partial charge is 0.441 e. The van der Waals surface area contributed by atoms with Crippen LogP contribution in [0, 0.1) is 5.41 Å². The van der Waals surface area contributed by atoms with Crippen molar-refractivity contribution in [1.29, 1.82) is 0 Å². The molecule has 1 saturated heterocycles. The molecule has 1 N–H and O–H groups in total. The van der Waals surface area contributed by atoms with Crippen LogP contribution in [0.3, 0.4) is 0 Å². The molecule has 1 fully saturated rings. The van der Waals surface area contributed by atoms with Crippen LogP contribution in [-0.4, -0.2) is 37.6 Å². The molecule has 0 saturated carbocycles. The topological polar surface area (TPSA) is 21.3 Å². The van der Waals surface area contributed by atoms with Crippen molar-refractivity contribution in [2.75, 3.05) is 32.1 Å². The Morgan fingerprint density at radius 1 is 1.41 bits per heavy atom. The van der Waals surface area contributed by atoms with Gasteiger partial charge in [0, 0.05) is 24.3 Å². The highest BCUT2D eigenvalue weighted by Gasteiger charge is 2.36. The van der Waals surface area contributed by atoms with Crippen molar-refractivity contribution in [1.82, 2.24) is 5.32 Å². The summed E-state index contributed by atoms with van der Waals surface area (Å²) in [5.41, 5.74) is -4.20. The third-order valence-electron chi connectivity index (χ3n) is 3.01. The molecule has 2 nitrogen and oxygen atoms in total. The van der Waals surface area contributed by atoms with Crippen molar-refractivity contribution in [3.05, 3.63) is 0 Å². The highest BCUT2D eigenvalue weighted by Crippen LogP contribution is 2.37. The molecule has 0 aromatic carbocycles. The van der Waals surface area contributed by atoms with Crippen LogP contribution in [0.4, 0.5) is 13.2 Å². The fourth-order valence-electron chi connectivity index (χ4n) is 1.99. The van der Waals surface area contributed by atoms with Gasteiger partial charge in [-0.25, -0.2) is 0 Å². The van der Waals surface area contributed by atoms with Gasteiger partial charge in [-0.3, -0.25) is 0 Å². The fraction of sp³-hybridized carbons (Fsp3) is 1.00. The molecule has 0 aromatic rings. The summed E-state index contributed by atoms with van der Waals surface area (Å²) >= 11 is 0.0748. The minimum Gasteiger partial charge on any atom is -0.381 e. The molecule has 102 valence electrons. The van der Waals surface area contributed by atoms with Crippen molar-refractivity contribution in [2.24, 2.45) is 5.41 Å². The second-order valence-electron chi connectivity index (χ2n) is 4.52. The fourth-order valence-corrected chi connectivity index (χ4v) is 2.75. The lowest BCUT2D eigenvalue weighted by Crippen LogP contribution is -2.36. The number of alkyl halides is 3. The molecule has 0 amide bonds. The minimum atomic E-state index is -4.11. The second-order valence-corrected chi connectivity index (χ2v) is 5.68. The highest BCUT2D eigenvalue weighted by molar-refractivity contribution is 8.00. The van der Waals surface area contributed by atoms with Crippen molar-refractivity contribution >= 4 is 11.8 Å². The summed E-state index contributed by atoms with van der Waals surface area (Å²) in [5.74, 6) is 0.126. The Labute approximate surface area is 105 Å². The van der Waals surface area contributed by atoms with Crippen LogP contribution in [0.5, 0.6) is 0 Å². The number of ether oxygens (including phenoxy) is 1. The van der Waals surface area contributed by atoms with Gasteiger partial charge in [-0.1, -0.05) is 18.7 Å². The van der Waals surface area contributed by atoms with Crippen LogP contribution in [0.1, 0.15) is 26.2 Å². The third-order valence-corrected chi connectivity index (χ3v) is 3.75. The molecule has 0 aromatic heterocycles. The first-order valence-corrected chi connectivity index (χ1v) is 6.95. The summed E-state index contributed by atoms with van der Waals surface area (Å²) in [6, 6.07) is 0. The highest BCUT2D eigenvalue weighted by atomic mass is 32.2. The van der Waals surface area contributed by atoms with Gasteiger partial charge in [-0.05, 0) is 25.8 Å². The maximum absolute atomic E-state index is 12.1. The molecule has 0 radical (unpaired) electrons. The normalized spacial score (nSPS) is 25.4. The number of rotatable bonds is 7. The maximum atomic E-state index is 12.1. The van der Waals surface area contributed by atoms with Gasteiger partial charge >= 0.3 is 5.51 Å². The molecule has 0 spiro atoms. The van der Waals surface area contributed by atoms with Gasteiger partial charge in [-0.2, -0.15) is 13.2 Å². The van der Waals surface area contributed by atoms with E-state index in [9.17, 15) is 13.2 Å². The van der Waals surface area contributed by atoms with E-state index in [0.717, 1.165) is 25.9 Å². The second kappa shape index (κ2) is 6.85. The SMILES string of the molecule is CCCNCC1(CCSC(F)(F)F)CCOC1. The van der Waals surface area contributed by atoms with Crippen molar-refractivity contribution in [3.63, 3.8) is 0 Å². The maximum Gasteiger partial charge on any atom is 0.441 e. The van der Waals surface area contributed by atoms with Crippen LogP contribution in [0.15, 0.2) is 0 Å². The summed E-state index contributed by atoms with van der Waals surface area (Å²) in [4.78, 5) is 0. The minimum absolute atomic E-state index is 0.0748. The Balaban J connectivity index is 2.32. The van der Waals surface area contributed by atoms with E-state index in [0.29, 0.717) is 19.6 Å². The molecule has 1 heterocycles. The first-order chi connectivity index (χ1) is 7.97. The molecule has 17 heavy (non-hydrogen) atoms. The van der Waals surface area contributed by atoms with E-state index in [2.05, 4.69) is 12.2 Å². The predicted octanol–water partition coefficient (Wildman–Crippen LogP) is 3.04. The first-order valence-electron chi connectivity index (χ1n) is 5.97. The van der Waals surface area contributed by atoms with Gasteiger partial charge in [0.05, 0.1) is 6.61 Å². The monoisotopic (exact) mass is 271 g/mol. The van der Waals surface area contributed by atoms with E-state index in [4.69, 9.17) is 4.74 Å². The molecular weight excluding hydrogens is 251 g/mol. The van der Waals surface area contributed by atoms with E-state index in [1.807, 2.05) is 0 Å². The number of thioether (sulfide) groups is 1. The zero-order valence-corrected chi connectivity index (χ0v) is 10.9. The van der Waals surface area contributed by atoms with Crippen LogP contribution in [-0.2, 0) is 4.74 Å². The van der Waals surface area contributed by atoms with Gasteiger partial charge < -0.3 is 10.1 Å². The van der Waals surface area contributed by atoms with Crippen molar-refractivity contribution in [3.8, 4) is 0 Å². The summed E-state index contributed by atoms with van der Waals surface area (Å²) < 4.78 is 41.6. The van der Waals surface area contributed by atoms with Gasteiger partial charge in [0.15, 0.2) is 0 Å². The Morgan fingerprint density at radius 2 is 2.18 bits per heavy atom. The Hall–Kier alpha value is 0.0600. The van der Waals surface area contributed by atoms with Crippen molar-refractivity contribution in [2.45, 2.75) is 31.7 Å². The molecule has 1 aliphatic heterocycles. The van der Waals surface area contributed by atoms with Crippen LogP contribution < -0.4 is 5.32 Å². The Bertz CT molecular complexity index is 217. The molecule has 1 rings (SSSR count). The lowest BCUT2D eigenvalue weighted by molar-refractivity contribution is -0.0329. The molecule has 1 unspecified atom stereocenters. The van der Waals surface area contributed by atoms with Gasteiger partial charge in [0.2, 0.25) is 0 Å². The van der Waals surface area contributed by atoms with Gasteiger partial charge in [0.1, 0.15) is 0 Å². The average molecular weight is 271 g/mol. The van der Waals surface area contributed by atoms with Crippen LogP contribution in [0.2, 0.25) is 0 Å². The van der Waals surface area contributed by atoms with E-state index in [-0.39, 0.29) is 22.9 Å². The molecule has 0 aliphatic carbocycles. The van der Waals surface area contributed by atoms with E-state index in [1.165, 1.54) is 0 Å². The molecule has 1 atom stereocenters. The Kier molecular flexibility index (Phi) is 6.09. The zero-order valence-electron chi connectivity index (χ0n) is 10.1. The van der Waals surface area contributed by atoms with E-state index >= 15 is 0 Å². The molecular formula is C11H20F3NOS. The summed E-state index contributed by atoms with van der Waals surface area (Å²) in [5, 5.41) is 3.29. The van der Waals surface area contributed by atoms with Crippen LogP contribution >= 0.6 is 11.8 Å².